The van der Waals surface area contributed by atoms with Gasteiger partial charge in [-0.25, -0.2) is 4.98 Å². The molecule has 0 bridgehead atoms. The molecule has 0 spiro atoms. The zero-order valence-corrected chi connectivity index (χ0v) is 12.4. The Morgan fingerprint density at radius 2 is 2.40 bits per heavy atom. The maximum absolute atomic E-state index is 12.0. The molecule has 1 unspecified atom stereocenters. The van der Waals surface area contributed by atoms with E-state index in [2.05, 4.69) is 10.3 Å². The van der Waals surface area contributed by atoms with Crippen molar-refractivity contribution in [3.05, 3.63) is 27.9 Å². The van der Waals surface area contributed by atoms with Gasteiger partial charge in [0, 0.05) is 29.8 Å². The van der Waals surface area contributed by atoms with Crippen LogP contribution in [0.15, 0.2) is 23.0 Å². The van der Waals surface area contributed by atoms with Crippen molar-refractivity contribution in [1.82, 2.24) is 10.3 Å². The third kappa shape index (κ3) is 2.81. The molecule has 0 radical (unpaired) electrons. The van der Waals surface area contributed by atoms with E-state index in [4.69, 9.17) is 0 Å². The number of Topliss-reactive ketones (excluding diaryl/α,β-unsaturated/α-hetero) is 1. The van der Waals surface area contributed by atoms with Crippen LogP contribution in [0.4, 0.5) is 0 Å². The minimum Gasteiger partial charge on any atom is -0.351 e. The summed E-state index contributed by atoms with van der Waals surface area (Å²) in [5.41, 5.74) is 1.05. The third-order valence-corrected chi connectivity index (χ3v) is 5.17. The second-order valence-electron chi connectivity index (χ2n) is 4.81. The van der Waals surface area contributed by atoms with Gasteiger partial charge < -0.3 is 5.32 Å². The summed E-state index contributed by atoms with van der Waals surface area (Å²) in [4.78, 5) is 28.4. The van der Waals surface area contributed by atoms with Gasteiger partial charge in [0.05, 0.1) is 6.20 Å². The number of hydrogen-bond donors (Lipinski definition) is 1. The van der Waals surface area contributed by atoms with E-state index in [0.29, 0.717) is 17.8 Å². The molecule has 1 amide bonds. The summed E-state index contributed by atoms with van der Waals surface area (Å²) in [6.45, 7) is 0.448. The fraction of sp³-hybridized carbons (Fsp3) is 0.357. The highest BCUT2D eigenvalue weighted by Crippen LogP contribution is 2.27. The average molecular weight is 306 g/mol. The van der Waals surface area contributed by atoms with Gasteiger partial charge in [-0.2, -0.15) is 11.3 Å². The molecule has 1 saturated carbocycles. The van der Waals surface area contributed by atoms with Crippen molar-refractivity contribution in [2.45, 2.75) is 19.3 Å². The van der Waals surface area contributed by atoms with Crippen molar-refractivity contribution in [3.63, 3.8) is 0 Å². The number of thiazole rings is 1. The number of hydrogen-bond acceptors (Lipinski definition) is 5. The van der Waals surface area contributed by atoms with Crippen LogP contribution in [0.1, 0.15) is 28.9 Å². The van der Waals surface area contributed by atoms with Crippen LogP contribution < -0.4 is 5.32 Å². The maximum Gasteiger partial charge on any atom is 0.263 e. The monoisotopic (exact) mass is 306 g/mol. The zero-order valence-electron chi connectivity index (χ0n) is 10.8. The van der Waals surface area contributed by atoms with Crippen LogP contribution in [0.25, 0.3) is 10.6 Å². The molecule has 0 aromatic carbocycles. The van der Waals surface area contributed by atoms with E-state index in [1.54, 1.807) is 17.5 Å². The first-order valence-electron chi connectivity index (χ1n) is 6.53. The molecule has 0 aliphatic heterocycles. The first-order chi connectivity index (χ1) is 9.74. The number of carbonyl (C=O) groups is 2. The van der Waals surface area contributed by atoms with Gasteiger partial charge in [0.15, 0.2) is 0 Å². The largest absolute Gasteiger partial charge is 0.351 e. The Balaban J connectivity index is 1.61. The van der Waals surface area contributed by atoms with Crippen LogP contribution in [0, 0.1) is 5.92 Å². The lowest BCUT2D eigenvalue weighted by atomic mass is 10.1. The normalized spacial score (nSPS) is 18.4. The minimum absolute atomic E-state index is 0.00298. The number of thiophene rings is 1. The highest BCUT2D eigenvalue weighted by molar-refractivity contribution is 7.17. The standard InChI is InChI=1S/C14H14N2O2S2/c17-11-3-1-2-9(11)6-15-13(18)12-7-16-14(20-12)10-4-5-19-8-10/h4-5,7-9H,1-3,6H2,(H,15,18). The molecule has 3 rings (SSSR count). The number of ketones is 1. The van der Waals surface area contributed by atoms with Gasteiger partial charge in [-0.3, -0.25) is 9.59 Å². The van der Waals surface area contributed by atoms with E-state index in [1.165, 1.54) is 11.3 Å². The molecule has 4 nitrogen and oxygen atoms in total. The van der Waals surface area contributed by atoms with Gasteiger partial charge in [-0.1, -0.05) is 0 Å². The molecule has 1 aliphatic carbocycles. The van der Waals surface area contributed by atoms with Gasteiger partial charge in [-0.05, 0) is 24.3 Å². The van der Waals surface area contributed by atoms with Crippen molar-refractivity contribution in [2.24, 2.45) is 5.92 Å². The number of rotatable bonds is 4. The summed E-state index contributed by atoms with van der Waals surface area (Å²) >= 11 is 2.99. The van der Waals surface area contributed by atoms with Crippen LogP contribution >= 0.6 is 22.7 Å². The van der Waals surface area contributed by atoms with Crippen molar-refractivity contribution < 1.29 is 9.59 Å². The van der Waals surface area contributed by atoms with Crippen LogP contribution in [0.3, 0.4) is 0 Å². The maximum atomic E-state index is 12.0. The van der Waals surface area contributed by atoms with Crippen LogP contribution in [0.2, 0.25) is 0 Å². The molecule has 1 N–H and O–H groups in total. The quantitative estimate of drug-likeness (QED) is 0.944. The molecule has 2 heterocycles. The van der Waals surface area contributed by atoms with Crippen LogP contribution in [0.5, 0.6) is 0 Å². The lowest BCUT2D eigenvalue weighted by molar-refractivity contribution is -0.120. The highest BCUT2D eigenvalue weighted by Gasteiger charge is 2.25. The fourth-order valence-electron chi connectivity index (χ4n) is 2.31. The molecule has 6 heteroatoms. The second-order valence-corrected chi connectivity index (χ2v) is 6.62. The molecular weight excluding hydrogens is 292 g/mol. The Labute approximate surface area is 124 Å². The van der Waals surface area contributed by atoms with Gasteiger partial charge >= 0.3 is 0 Å². The van der Waals surface area contributed by atoms with E-state index >= 15 is 0 Å². The number of nitrogens with zero attached hydrogens (tertiary/aromatic N) is 1. The highest BCUT2D eigenvalue weighted by atomic mass is 32.1. The van der Waals surface area contributed by atoms with E-state index in [0.717, 1.165) is 23.4 Å². The molecule has 1 fully saturated rings. The average Bonchev–Trinajstić information content (AvgIpc) is 3.17. The molecule has 2 aromatic rings. The first-order valence-corrected chi connectivity index (χ1v) is 8.29. The van der Waals surface area contributed by atoms with E-state index < -0.39 is 0 Å². The number of nitrogens with one attached hydrogen (secondary N) is 1. The summed E-state index contributed by atoms with van der Waals surface area (Å²) < 4.78 is 0. The van der Waals surface area contributed by atoms with Crippen molar-refractivity contribution >= 4 is 34.4 Å². The van der Waals surface area contributed by atoms with Crippen molar-refractivity contribution in [3.8, 4) is 10.6 Å². The molecule has 1 aliphatic rings. The summed E-state index contributed by atoms with van der Waals surface area (Å²) in [6.07, 6.45) is 4.09. The Morgan fingerprint density at radius 1 is 1.50 bits per heavy atom. The van der Waals surface area contributed by atoms with E-state index in [-0.39, 0.29) is 17.6 Å². The molecule has 0 saturated heterocycles. The van der Waals surface area contributed by atoms with Gasteiger partial charge in [-0.15, -0.1) is 11.3 Å². The Bertz CT molecular complexity index is 619. The second kappa shape index (κ2) is 5.85. The smallest absolute Gasteiger partial charge is 0.263 e. The molecule has 1 atom stereocenters. The fourth-order valence-corrected chi connectivity index (χ4v) is 3.85. The SMILES string of the molecule is O=C(NCC1CCCC1=O)c1cnc(-c2ccsc2)s1. The molecule has 104 valence electrons. The van der Waals surface area contributed by atoms with Gasteiger partial charge in [0.1, 0.15) is 15.7 Å². The summed E-state index contributed by atoms with van der Waals surface area (Å²) in [5, 5.41) is 7.70. The zero-order chi connectivity index (χ0) is 13.9. The molecule has 20 heavy (non-hydrogen) atoms. The van der Waals surface area contributed by atoms with Gasteiger partial charge in [0.25, 0.3) is 5.91 Å². The van der Waals surface area contributed by atoms with E-state index in [9.17, 15) is 9.59 Å². The van der Waals surface area contributed by atoms with Crippen molar-refractivity contribution in [1.29, 1.82) is 0 Å². The Morgan fingerprint density at radius 3 is 3.10 bits per heavy atom. The molecule has 2 aromatic heterocycles. The minimum atomic E-state index is -0.135. The lowest BCUT2D eigenvalue weighted by Gasteiger charge is -2.08. The van der Waals surface area contributed by atoms with Gasteiger partial charge in [0.2, 0.25) is 0 Å². The predicted molar refractivity (Wildman–Crippen MR) is 80.1 cm³/mol. The number of amides is 1. The summed E-state index contributed by atoms with van der Waals surface area (Å²) in [7, 11) is 0. The third-order valence-electron chi connectivity index (χ3n) is 3.44. The topological polar surface area (TPSA) is 59.1 Å². The summed E-state index contributed by atoms with van der Waals surface area (Å²) in [6, 6.07) is 1.99. The molecular formula is C14H14N2O2S2. The lowest BCUT2D eigenvalue weighted by Crippen LogP contribution is -2.30. The number of carbonyl (C=O) groups excluding carboxylic acids is 2. The predicted octanol–water partition coefficient (Wildman–Crippen LogP) is 2.97. The summed E-state index contributed by atoms with van der Waals surface area (Å²) in [5.74, 6) is 0.139. The van der Waals surface area contributed by atoms with Crippen LogP contribution in [-0.2, 0) is 4.79 Å². The Hall–Kier alpha value is -1.53. The first kappa shape index (κ1) is 13.5. The van der Waals surface area contributed by atoms with Crippen LogP contribution in [-0.4, -0.2) is 23.2 Å². The Kier molecular flexibility index (Phi) is 3.93. The van der Waals surface area contributed by atoms with E-state index in [1.807, 2.05) is 16.8 Å². The number of aromatic nitrogens is 1. The van der Waals surface area contributed by atoms with Crippen molar-refractivity contribution in [2.75, 3.05) is 6.54 Å².